The van der Waals surface area contributed by atoms with Crippen molar-refractivity contribution in [1.82, 2.24) is 4.90 Å². The summed E-state index contributed by atoms with van der Waals surface area (Å²) in [5.41, 5.74) is 0.103. The Bertz CT molecular complexity index is 947. The van der Waals surface area contributed by atoms with Crippen LogP contribution in [-0.2, 0) is 22.2 Å². The van der Waals surface area contributed by atoms with Gasteiger partial charge in [-0.2, -0.15) is 13.2 Å². The molecule has 0 unspecified atom stereocenters. The van der Waals surface area contributed by atoms with Crippen LogP contribution in [0, 0.1) is 0 Å². The number of para-hydroxylation sites is 1. The summed E-state index contributed by atoms with van der Waals surface area (Å²) in [6.07, 6.45) is -4.14. The first-order chi connectivity index (χ1) is 13.3. The smallest absolute Gasteiger partial charge is 0.328 e. The lowest BCUT2D eigenvalue weighted by atomic mass is 10.1. The van der Waals surface area contributed by atoms with Gasteiger partial charge in [-0.1, -0.05) is 41.9 Å². The monoisotopic (exact) mass is 408 g/mol. The SMILES string of the molecule is O=C(Cc1cccc(C(F)(F)F)c1)N1C[C@@H]2C[C@H]1C(=O)N2c1ccccc1Cl. The second kappa shape index (κ2) is 6.81. The van der Waals surface area contributed by atoms with Crippen molar-refractivity contribution < 1.29 is 22.8 Å². The van der Waals surface area contributed by atoms with E-state index in [2.05, 4.69) is 0 Å². The van der Waals surface area contributed by atoms with Gasteiger partial charge in [-0.3, -0.25) is 9.59 Å². The number of fused-ring (bicyclic) bond motifs is 2. The molecule has 0 radical (unpaired) electrons. The Kier molecular flexibility index (Phi) is 4.57. The van der Waals surface area contributed by atoms with Gasteiger partial charge in [0.25, 0.3) is 0 Å². The summed E-state index contributed by atoms with van der Waals surface area (Å²) in [7, 11) is 0. The van der Waals surface area contributed by atoms with E-state index in [9.17, 15) is 22.8 Å². The number of halogens is 4. The zero-order chi connectivity index (χ0) is 20.1. The van der Waals surface area contributed by atoms with Crippen LogP contribution in [0.1, 0.15) is 17.5 Å². The third-order valence-corrected chi connectivity index (χ3v) is 5.53. The summed E-state index contributed by atoms with van der Waals surface area (Å²) in [4.78, 5) is 28.6. The predicted octanol–water partition coefficient (Wildman–Crippen LogP) is 3.92. The number of piperazine rings is 1. The molecular weight excluding hydrogens is 393 g/mol. The van der Waals surface area contributed by atoms with Crippen LogP contribution in [0.5, 0.6) is 0 Å². The molecule has 0 saturated carbocycles. The summed E-state index contributed by atoms with van der Waals surface area (Å²) < 4.78 is 38.6. The Hall–Kier alpha value is -2.54. The maximum atomic E-state index is 12.9. The quantitative estimate of drug-likeness (QED) is 0.772. The highest BCUT2D eigenvalue weighted by Crippen LogP contribution is 2.39. The van der Waals surface area contributed by atoms with Gasteiger partial charge < -0.3 is 9.80 Å². The van der Waals surface area contributed by atoms with Gasteiger partial charge in [0.15, 0.2) is 0 Å². The fourth-order valence-corrected chi connectivity index (χ4v) is 4.17. The van der Waals surface area contributed by atoms with E-state index in [1.54, 1.807) is 29.2 Å². The summed E-state index contributed by atoms with van der Waals surface area (Å²) in [5, 5.41) is 0.463. The molecule has 0 aromatic heterocycles. The molecule has 2 saturated heterocycles. The standard InChI is InChI=1S/C20H16ClF3N2O2/c21-15-6-1-2-7-16(15)26-14-10-17(19(26)28)25(11-14)18(27)9-12-4-3-5-13(8-12)20(22,23)24/h1-8,14,17H,9-11H2/t14-,17-/m0/s1. The van der Waals surface area contributed by atoms with Crippen molar-refractivity contribution in [3.63, 3.8) is 0 Å². The summed E-state index contributed by atoms with van der Waals surface area (Å²) >= 11 is 6.20. The molecule has 2 aromatic rings. The number of hydrogen-bond acceptors (Lipinski definition) is 2. The summed E-state index contributed by atoms with van der Waals surface area (Å²) in [6.45, 7) is 0.347. The zero-order valence-electron chi connectivity index (χ0n) is 14.6. The van der Waals surface area contributed by atoms with Crippen molar-refractivity contribution in [2.24, 2.45) is 0 Å². The largest absolute Gasteiger partial charge is 0.416 e. The van der Waals surface area contributed by atoms with Crippen LogP contribution in [0.25, 0.3) is 0 Å². The molecule has 2 atom stereocenters. The van der Waals surface area contributed by atoms with Crippen LogP contribution >= 0.6 is 11.6 Å². The van der Waals surface area contributed by atoms with Crippen molar-refractivity contribution in [2.75, 3.05) is 11.4 Å². The molecule has 28 heavy (non-hydrogen) atoms. The van der Waals surface area contributed by atoms with Crippen molar-refractivity contribution in [2.45, 2.75) is 31.1 Å². The number of hydrogen-bond donors (Lipinski definition) is 0. The Labute approximate surface area is 164 Å². The van der Waals surface area contributed by atoms with Gasteiger partial charge in [0.1, 0.15) is 6.04 Å². The Morgan fingerprint density at radius 3 is 2.57 bits per heavy atom. The Morgan fingerprint density at radius 2 is 1.89 bits per heavy atom. The molecule has 2 heterocycles. The lowest BCUT2D eigenvalue weighted by Crippen LogP contribution is -2.53. The number of anilines is 1. The molecule has 0 N–H and O–H groups in total. The topological polar surface area (TPSA) is 40.6 Å². The minimum atomic E-state index is -4.46. The van der Waals surface area contributed by atoms with Crippen molar-refractivity contribution in [3.8, 4) is 0 Å². The van der Waals surface area contributed by atoms with Crippen LogP contribution in [0.3, 0.4) is 0 Å². The number of likely N-dealkylation sites (tertiary alicyclic amines) is 1. The average Bonchev–Trinajstić information content (AvgIpc) is 3.20. The first-order valence-corrected chi connectivity index (χ1v) is 9.16. The Morgan fingerprint density at radius 1 is 1.14 bits per heavy atom. The maximum Gasteiger partial charge on any atom is 0.416 e. The van der Waals surface area contributed by atoms with E-state index in [0.717, 1.165) is 12.1 Å². The average molecular weight is 409 g/mol. The molecule has 2 fully saturated rings. The van der Waals surface area contributed by atoms with Crippen LogP contribution in [0.4, 0.5) is 18.9 Å². The van der Waals surface area contributed by atoms with E-state index in [0.29, 0.717) is 23.7 Å². The van der Waals surface area contributed by atoms with E-state index in [-0.39, 0.29) is 29.8 Å². The van der Waals surface area contributed by atoms with Crippen molar-refractivity contribution >= 4 is 29.1 Å². The predicted molar refractivity (Wildman–Crippen MR) is 98.0 cm³/mol. The van der Waals surface area contributed by atoms with Gasteiger partial charge in [0.05, 0.1) is 28.7 Å². The molecule has 8 heteroatoms. The Balaban J connectivity index is 1.49. The minimum absolute atomic E-state index is 0.174. The van der Waals surface area contributed by atoms with Gasteiger partial charge in [-0.15, -0.1) is 0 Å². The van der Waals surface area contributed by atoms with E-state index in [1.807, 2.05) is 0 Å². The molecule has 0 aliphatic carbocycles. The highest BCUT2D eigenvalue weighted by atomic mass is 35.5. The number of alkyl halides is 3. The number of carbonyl (C=O) groups excluding carboxylic acids is 2. The van der Waals surface area contributed by atoms with Crippen LogP contribution in [0.15, 0.2) is 48.5 Å². The first kappa shape index (κ1) is 18.8. The first-order valence-electron chi connectivity index (χ1n) is 8.79. The van der Waals surface area contributed by atoms with E-state index in [4.69, 9.17) is 11.6 Å². The molecule has 2 bridgehead atoms. The third-order valence-electron chi connectivity index (χ3n) is 5.21. The third kappa shape index (κ3) is 3.24. The molecule has 0 spiro atoms. The molecule has 4 rings (SSSR count). The van der Waals surface area contributed by atoms with Gasteiger partial charge in [0.2, 0.25) is 11.8 Å². The fourth-order valence-electron chi connectivity index (χ4n) is 3.95. The fraction of sp³-hybridized carbons (Fsp3) is 0.300. The van der Waals surface area contributed by atoms with Gasteiger partial charge in [-0.25, -0.2) is 0 Å². The van der Waals surface area contributed by atoms with Gasteiger partial charge in [0, 0.05) is 6.54 Å². The van der Waals surface area contributed by atoms with E-state index in [1.165, 1.54) is 17.0 Å². The van der Waals surface area contributed by atoms with Crippen LogP contribution in [-0.4, -0.2) is 35.3 Å². The molecule has 2 amide bonds. The highest BCUT2D eigenvalue weighted by Gasteiger charge is 2.52. The second-order valence-electron chi connectivity index (χ2n) is 6.99. The van der Waals surface area contributed by atoms with E-state index >= 15 is 0 Å². The van der Waals surface area contributed by atoms with Crippen LogP contribution < -0.4 is 4.90 Å². The number of benzene rings is 2. The normalized spacial score (nSPS) is 21.5. The van der Waals surface area contributed by atoms with Crippen molar-refractivity contribution in [3.05, 3.63) is 64.7 Å². The lowest BCUT2D eigenvalue weighted by molar-refractivity contribution is -0.138. The molecule has 146 valence electrons. The minimum Gasteiger partial charge on any atom is -0.328 e. The summed E-state index contributed by atoms with van der Waals surface area (Å²) in [5.74, 6) is -0.555. The van der Waals surface area contributed by atoms with Crippen molar-refractivity contribution in [1.29, 1.82) is 0 Å². The lowest BCUT2D eigenvalue weighted by Gasteiger charge is -2.34. The number of carbonyl (C=O) groups is 2. The number of rotatable bonds is 3. The second-order valence-corrected chi connectivity index (χ2v) is 7.39. The number of nitrogens with zero attached hydrogens (tertiary/aromatic N) is 2. The molecular formula is C20H16ClF3N2O2. The highest BCUT2D eigenvalue weighted by molar-refractivity contribution is 6.34. The molecule has 2 aromatic carbocycles. The summed E-state index contributed by atoms with van der Waals surface area (Å²) in [6, 6.07) is 11.0. The van der Waals surface area contributed by atoms with E-state index < -0.39 is 17.8 Å². The van der Waals surface area contributed by atoms with Crippen LogP contribution in [0.2, 0.25) is 5.02 Å². The van der Waals surface area contributed by atoms with Gasteiger partial charge >= 0.3 is 6.18 Å². The number of amides is 2. The molecule has 2 aliphatic heterocycles. The van der Waals surface area contributed by atoms with Gasteiger partial charge in [-0.05, 0) is 30.2 Å². The maximum absolute atomic E-state index is 12.9. The zero-order valence-corrected chi connectivity index (χ0v) is 15.4. The molecule has 2 aliphatic rings. The molecule has 4 nitrogen and oxygen atoms in total.